The number of carbonyl (C=O) groups is 1. The van der Waals surface area contributed by atoms with E-state index in [1.165, 1.54) is 0 Å². The summed E-state index contributed by atoms with van der Waals surface area (Å²) in [7, 11) is 0. The summed E-state index contributed by atoms with van der Waals surface area (Å²) >= 11 is 1.67. The van der Waals surface area contributed by atoms with E-state index in [1.54, 1.807) is 6.92 Å². The molecule has 0 bridgehead atoms. The minimum atomic E-state index is -1.73. The Labute approximate surface area is 112 Å². The van der Waals surface area contributed by atoms with Gasteiger partial charge in [0.2, 0.25) is 0 Å². The van der Waals surface area contributed by atoms with Gasteiger partial charge < -0.3 is 4.74 Å². The monoisotopic (exact) mass is 322 g/mol. The van der Waals surface area contributed by atoms with E-state index in [-0.39, 0.29) is 4.91 Å². The molecule has 1 fully saturated rings. The molecule has 1 aliphatic carbocycles. The lowest BCUT2D eigenvalue weighted by Gasteiger charge is -2.32. The summed E-state index contributed by atoms with van der Waals surface area (Å²) in [5.74, 6) is -0.509. The maximum atomic E-state index is 11.8. The molecular formula is C11H15BrO4S. The Bertz CT molecular complexity index is 385. The van der Waals surface area contributed by atoms with Crippen LogP contribution in [0, 0.1) is 0 Å². The Morgan fingerprint density at radius 2 is 2.06 bits per heavy atom. The molecule has 0 aromatic carbocycles. The first-order chi connectivity index (χ1) is 8.10. The van der Waals surface area contributed by atoms with Crippen LogP contribution in [0.2, 0.25) is 0 Å². The molecule has 0 aromatic heterocycles. The van der Waals surface area contributed by atoms with Crippen molar-refractivity contribution in [1.29, 1.82) is 0 Å². The van der Waals surface area contributed by atoms with Crippen molar-refractivity contribution >= 4 is 33.0 Å². The molecule has 0 saturated heterocycles. The third-order valence-electron chi connectivity index (χ3n) is 3.13. The Balaban J connectivity index is 2.29. The summed E-state index contributed by atoms with van der Waals surface area (Å²) in [5.41, 5.74) is -0.572. The molecule has 1 atom stereocenters. The smallest absolute Gasteiger partial charge is 0.351 e. The molecule has 1 unspecified atom stereocenters. The second-order valence-corrected chi connectivity index (χ2v) is 6.14. The number of halogens is 1. The summed E-state index contributed by atoms with van der Waals surface area (Å²) in [5, 5.41) is 0. The van der Waals surface area contributed by atoms with Gasteiger partial charge in [-0.1, -0.05) is 6.42 Å². The molecule has 1 heterocycles. The fourth-order valence-corrected chi connectivity index (χ4v) is 4.19. The standard InChI is InChI=1S/C11H15BrO4S/c1-2-15-17(14)8-9(12)11(16-10(8)13)6-4-3-5-7-11/h2-7H2,1H3. The number of carbonyl (C=O) groups excluding carboxylic acids is 1. The lowest BCUT2D eigenvalue weighted by Crippen LogP contribution is -2.32. The lowest BCUT2D eigenvalue weighted by molar-refractivity contribution is -0.148. The van der Waals surface area contributed by atoms with Crippen molar-refractivity contribution < 1.29 is 17.9 Å². The fourth-order valence-electron chi connectivity index (χ4n) is 2.32. The predicted molar refractivity (Wildman–Crippen MR) is 67.6 cm³/mol. The van der Waals surface area contributed by atoms with Gasteiger partial charge in [0.1, 0.15) is 5.60 Å². The van der Waals surface area contributed by atoms with Crippen LogP contribution < -0.4 is 0 Å². The minimum Gasteiger partial charge on any atom is -0.449 e. The Morgan fingerprint density at radius 1 is 1.41 bits per heavy atom. The highest BCUT2D eigenvalue weighted by atomic mass is 79.9. The van der Waals surface area contributed by atoms with Gasteiger partial charge in [-0.15, -0.1) is 0 Å². The van der Waals surface area contributed by atoms with Crippen LogP contribution in [0.5, 0.6) is 0 Å². The summed E-state index contributed by atoms with van der Waals surface area (Å²) in [4.78, 5) is 11.9. The van der Waals surface area contributed by atoms with Gasteiger partial charge in [0.05, 0.1) is 11.1 Å². The third kappa shape index (κ3) is 2.35. The zero-order valence-electron chi connectivity index (χ0n) is 9.66. The zero-order chi connectivity index (χ0) is 12.5. The largest absolute Gasteiger partial charge is 0.449 e. The molecule has 2 rings (SSSR count). The molecule has 96 valence electrons. The van der Waals surface area contributed by atoms with Gasteiger partial charge in [-0.3, -0.25) is 4.18 Å². The average molecular weight is 323 g/mol. The van der Waals surface area contributed by atoms with E-state index in [0.717, 1.165) is 32.1 Å². The summed E-state index contributed by atoms with van der Waals surface area (Å²) in [6.45, 7) is 2.04. The number of hydrogen-bond donors (Lipinski definition) is 0. The second kappa shape index (κ2) is 5.20. The molecule has 1 spiro atoms. The van der Waals surface area contributed by atoms with Crippen LogP contribution in [-0.2, 0) is 24.8 Å². The SMILES string of the molecule is CCOS(=O)C1=C(Br)C2(CCCCC2)OC1=O. The maximum absolute atomic E-state index is 11.8. The molecular weight excluding hydrogens is 308 g/mol. The highest BCUT2D eigenvalue weighted by molar-refractivity contribution is 9.12. The van der Waals surface area contributed by atoms with E-state index in [1.807, 2.05) is 0 Å². The van der Waals surface area contributed by atoms with Crippen molar-refractivity contribution in [3.05, 3.63) is 9.39 Å². The van der Waals surface area contributed by atoms with E-state index in [2.05, 4.69) is 15.9 Å². The van der Waals surface area contributed by atoms with Crippen molar-refractivity contribution in [2.24, 2.45) is 0 Å². The van der Waals surface area contributed by atoms with Crippen molar-refractivity contribution in [3.63, 3.8) is 0 Å². The molecule has 0 radical (unpaired) electrons. The van der Waals surface area contributed by atoms with E-state index < -0.39 is 22.7 Å². The maximum Gasteiger partial charge on any atom is 0.351 e. The lowest BCUT2D eigenvalue weighted by atomic mass is 9.85. The molecule has 0 N–H and O–H groups in total. The summed E-state index contributed by atoms with van der Waals surface area (Å²) in [6, 6.07) is 0. The van der Waals surface area contributed by atoms with Crippen molar-refractivity contribution in [2.75, 3.05) is 6.61 Å². The molecule has 2 aliphatic rings. The topological polar surface area (TPSA) is 52.6 Å². The van der Waals surface area contributed by atoms with E-state index in [0.29, 0.717) is 11.1 Å². The Kier molecular flexibility index (Phi) is 4.05. The molecule has 1 saturated carbocycles. The van der Waals surface area contributed by atoms with Crippen LogP contribution >= 0.6 is 15.9 Å². The van der Waals surface area contributed by atoms with E-state index in [4.69, 9.17) is 8.92 Å². The molecule has 6 heteroatoms. The molecule has 0 amide bonds. The van der Waals surface area contributed by atoms with Crippen molar-refractivity contribution in [1.82, 2.24) is 0 Å². The first-order valence-corrected chi connectivity index (χ1v) is 7.66. The highest BCUT2D eigenvalue weighted by Gasteiger charge is 2.49. The van der Waals surface area contributed by atoms with Gasteiger partial charge >= 0.3 is 5.97 Å². The average Bonchev–Trinajstić information content (AvgIpc) is 2.52. The van der Waals surface area contributed by atoms with Crippen molar-refractivity contribution in [3.8, 4) is 0 Å². The first kappa shape index (κ1) is 13.2. The van der Waals surface area contributed by atoms with E-state index >= 15 is 0 Å². The van der Waals surface area contributed by atoms with Gasteiger partial charge in [-0.25, -0.2) is 9.00 Å². The van der Waals surface area contributed by atoms with Crippen LogP contribution in [0.25, 0.3) is 0 Å². The quantitative estimate of drug-likeness (QED) is 0.749. The van der Waals surface area contributed by atoms with Gasteiger partial charge in [0, 0.05) is 0 Å². The van der Waals surface area contributed by atoms with Crippen LogP contribution in [0.3, 0.4) is 0 Å². The van der Waals surface area contributed by atoms with Gasteiger partial charge in [0.25, 0.3) is 0 Å². The number of hydrogen-bond acceptors (Lipinski definition) is 4. The molecule has 1 aliphatic heterocycles. The first-order valence-electron chi connectivity index (χ1n) is 5.79. The highest BCUT2D eigenvalue weighted by Crippen LogP contribution is 2.47. The van der Waals surface area contributed by atoms with Gasteiger partial charge in [-0.05, 0) is 48.5 Å². The Hall–Kier alpha value is -0.200. The minimum absolute atomic E-state index is 0.147. The van der Waals surface area contributed by atoms with E-state index in [9.17, 15) is 9.00 Å². The fraction of sp³-hybridized carbons (Fsp3) is 0.727. The predicted octanol–water partition coefficient (Wildman–Crippen LogP) is 2.55. The van der Waals surface area contributed by atoms with Gasteiger partial charge in [-0.2, -0.15) is 0 Å². The van der Waals surface area contributed by atoms with Crippen LogP contribution in [0.15, 0.2) is 9.39 Å². The van der Waals surface area contributed by atoms with Crippen LogP contribution in [-0.4, -0.2) is 22.4 Å². The van der Waals surface area contributed by atoms with Crippen LogP contribution in [0.4, 0.5) is 0 Å². The zero-order valence-corrected chi connectivity index (χ0v) is 12.1. The summed E-state index contributed by atoms with van der Waals surface area (Å²) < 4.78 is 22.9. The van der Waals surface area contributed by atoms with Gasteiger partial charge in [0.15, 0.2) is 16.0 Å². The van der Waals surface area contributed by atoms with Crippen LogP contribution in [0.1, 0.15) is 39.0 Å². The second-order valence-electron chi connectivity index (χ2n) is 4.23. The number of ether oxygens (including phenoxy) is 1. The molecule has 17 heavy (non-hydrogen) atoms. The molecule has 4 nitrogen and oxygen atoms in total. The summed E-state index contributed by atoms with van der Waals surface area (Å²) in [6.07, 6.45) is 4.80. The molecule has 0 aromatic rings. The number of rotatable bonds is 3. The van der Waals surface area contributed by atoms with Crippen molar-refractivity contribution in [2.45, 2.75) is 44.6 Å². The normalized spacial score (nSPS) is 25.2. The third-order valence-corrected chi connectivity index (χ3v) is 5.66. The number of esters is 1. The Morgan fingerprint density at radius 3 is 2.65 bits per heavy atom.